The van der Waals surface area contributed by atoms with Crippen LogP contribution in [0.2, 0.25) is 5.02 Å². The number of halogens is 1. The van der Waals surface area contributed by atoms with Gasteiger partial charge in [-0.3, -0.25) is 9.59 Å². The molecule has 0 unspecified atom stereocenters. The van der Waals surface area contributed by atoms with Crippen LogP contribution in [0.15, 0.2) is 53.7 Å². The molecule has 3 aromatic rings. The van der Waals surface area contributed by atoms with Crippen LogP contribution in [0.1, 0.15) is 19.4 Å². The van der Waals surface area contributed by atoms with Crippen molar-refractivity contribution < 1.29 is 27.9 Å². The van der Waals surface area contributed by atoms with Gasteiger partial charge in [-0.2, -0.15) is 4.31 Å². The van der Waals surface area contributed by atoms with Crippen LogP contribution in [0.4, 0.5) is 5.69 Å². The zero-order valence-electron chi connectivity index (χ0n) is 22.8. The normalized spacial score (nSPS) is 18.6. The number of aliphatic hydroxyl groups is 1. The molecule has 0 aliphatic carbocycles. The average molecular weight is 606 g/mol. The van der Waals surface area contributed by atoms with E-state index in [4.69, 9.17) is 16.3 Å². The van der Waals surface area contributed by atoms with Crippen LogP contribution < -0.4 is 10.1 Å². The van der Waals surface area contributed by atoms with E-state index in [9.17, 15) is 23.1 Å². The molecule has 2 heterocycles. The summed E-state index contributed by atoms with van der Waals surface area (Å²) in [7, 11) is -2.39. The molecule has 4 rings (SSSR count). The molecule has 1 aromatic heterocycles. The third-order valence-corrected chi connectivity index (χ3v) is 8.95. The van der Waals surface area contributed by atoms with Gasteiger partial charge in [0.25, 0.3) is 0 Å². The summed E-state index contributed by atoms with van der Waals surface area (Å²) in [5, 5.41) is 23.7. The maximum Gasteiger partial charge on any atom is 0.246 e. The van der Waals surface area contributed by atoms with Gasteiger partial charge in [0.1, 0.15) is 24.7 Å². The summed E-state index contributed by atoms with van der Waals surface area (Å²) in [5.74, 6) is -0.520. The fraction of sp³-hybridized carbons (Fsp3) is 0.423. The smallest absolute Gasteiger partial charge is 0.246 e. The summed E-state index contributed by atoms with van der Waals surface area (Å²) in [4.78, 5) is 27.6. The van der Waals surface area contributed by atoms with Crippen LogP contribution in [0.3, 0.4) is 0 Å². The Morgan fingerprint density at radius 1 is 1.27 bits per heavy atom. The Hall–Kier alpha value is -3.59. The molecular weight excluding hydrogens is 574 g/mol. The summed E-state index contributed by atoms with van der Waals surface area (Å²) in [5.41, 5.74) is 0.943. The number of hydrogen-bond donors (Lipinski definition) is 2. The molecule has 0 bridgehead atoms. The van der Waals surface area contributed by atoms with E-state index < -0.39 is 22.2 Å². The lowest BCUT2D eigenvalue weighted by Crippen LogP contribution is -2.48. The van der Waals surface area contributed by atoms with Crippen LogP contribution in [0.25, 0.3) is 0 Å². The molecule has 1 aliphatic rings. The number of anilines is 1. The van der Waals surface area contributed by atoms with Crippen LogP contribution in [-0.2, 0) is 32.6 Å². The number of likely N-dealkylation sites (N-methyl/N-ethyl adjacent to an activating group) is 1. The summed E-state index contributed by atoms with van der Waals surface area (Å²) >= 11 is 5.94. The Balaban J connectivity index is 1.62. The zero-order valence-corrected chi connectivity index (χ0v) is 24.4. The largest absolute Gasteiger partial charge is 0.488 e. The Labute approximate surface area is 243 Å². The number of nitrogens with zero attached hydrogens (tertiary/aromatic N) is 6. The molecule has 0 radical (unpaired) electrons. The molecule has 3 atom stereocenters. The number of aromatic nitrogens is 4. The van der Waals surface area contributed by atoms with E-state index in [0.717, 1.165) is 0 Å². The van der Waals surface area contributed by atoms with E-state index in [1.165, 1.54) is 46.6 Å². The fourth-order valence-electron chi connectivity index (χ4n) is 4.46. The highest BCUT2D eigenvalue weighted by Gasteiger charge is 2.33. The monoisotopic (exact) mass is 605 g/mol. The lowest BCUT2D eigenvalue weighted by molar-refractivity contribution is -0.134. The SMILES string of the molecule is C[C@@H]1CN([C@@H](C)CO)C(=O)Cc2cc(NC(=O)Cn3cnnn3)ccc2O[C@H]1CN(C)S(=O)(=O)c1ccc(Cl)cc1. The molecule has 13 nitrogen and oxygen atoms in total. The number of carbonyl (C=O) groups excluding carboxylic acids is 2. The second-order valence-electron chi connectivity index (χ2n) is 10.0. The van der Waals surface area contributed by atoms with E-state index in [-0.39, 0.29) is 55.3 Å². The minimum Gasteiger partial charge on any atom is -0.488 e. The molecule has 0 saturated heterocycles. The van der Waals surface area contributed by atoms with Gasteiger partial charge in [0, 0.05) is 35.8 Å². The van der Waals surface area contributed by atoms with Gasteiger partial charge in [0.15, 0.2) is 0 Å². The summed E-state index contributed by atoms with van der Waals surface area (Å²) in [6, 6.07) is 10.4. The molecule has 0 saturated carbocycles. The number of amides is 2. The van der Waals surface area contributed by atoms with Crippen molar-refractivity contribution in [3.05, 3.63) is 59.4 Å². The van der Waals surface area contributed by atoms with Crippen molar-refractivity contribution in [3.8, 4) is 5.75 Å². The Kier molecular flexibility index (Phi) is 9.58. The number of nitrogens with one attached hydrogen (secondary N) is 1. The Bertz CT molecular complexity index is 1470. The number of sulfonamides is 1. The minimum absolute atomic E-state index is 0.00840. The van der Waals surface area contributed by atoms with Gasteiger partial charge < -0.3 is 20.1 Å². The molecule has 1 aliphatic heterocycles. The molecule has 0 fully saturated rings. The summed E-state index contributed by atoms with van der Waals surface area (Å²) < 4.78 is 35.5. The molecule has 41 heavy (non-hydrogen) atoms. The standard InChI is InChI=1S/C26H32ClN7O6S/c1-17-12-34(18(2)15-35)26(37)11-19-10-21(29-25(36)14-33-16-28-30-31-33)6-9-23(19)40-24(17)13-32(3)41(38,39)22-7-4-20(27)5-8-22/h4-10,16-18,24,35H,11-15H2,1-3H3,(H,29,36)/t17-,18+,24+/m1/s1. The van der Waals surface area contributed by atoms with Gasteiger partial charge >= 0.3 is 0 Å². The second kappa shape index (κ2) is 12.9. The predicted molar refractivity (Wildman–Crippen MR) is 150 cm³/mol. The van der Waals surface area contributed by atoms with Gasteiger partial charge in [-0.15, -0.1) is 5.10 Å². The van der Waals surface area contributed by atoms with Gasteiger partial charge in [0.2, 0.25) is 21.8 Å². The number of ether oxygens (including phenoxy) is 1. The van der Waals surface area contributed by atoms with Crippen LogP contribution >= 0.6 is 11.6 Å². The highest BCUT2D eigenvalue weighted by atomic mass is 35.5. The molecular formula is C26H32ClN7O6S. The third kappa shape index (κ3) is 7.38. The first-order chi connectivity index (χ1) is 19.5. The number of carbonyl (C=O) groups is 2. The van der Waals surface area contributed by atoms with E-state index in [1.807, 2.05) is 6.92 Å². The minimum atomic E-state index is -3.86. The van der Waals surface area contributed by atoms with Crippen molar-refractivity contribution in [2.24, 2.45) is 5.92 Å². The molecule has 2 aromatic carbocycles. The van der Waals surface area contributed by atoms with E-state index in [2.05, 4.69) is 20.8 Å². The molecule has 2 amide bonds. The molecule has 2 N–H and O–H groups in total. The highest BCUT2D eigenvalue weighted by Crippen LogP contribution is 2.30. The lowest BCUT2D eigenvalue weighted by Gasteiger charge is -2.33. The topological polar surface area (TPSA) is 160 Å². The number of tetrazole rings is 1. The number of aliphatic hydroxyl groups excluding tert-OH is 1. The van der Waals surface area contributed by atoms with Crippen molar-refractivity contribution in [1.82, 2.24) is 29.4 Å². The Morgan fingerprint density at radius 3 is 2.66 bits per heavy atom. The Morgan fingerprint density at radius 2 is 2.00 bits per heavy atom. The first-order valence-electron chi connectivity index (χ1n) is 12.9. The average Bonchev–Trinajstić information content (AvgIpc) is 3.45. The maximum absolute atomic E-state index is 13.4. The van der Waals surface area contributed by atoms with Crippen molar-refractivity contribution in [3.63, 3.8) is 0 Å². The van der Waals surface area contributed by atoms with E-state index in [1.54, 1.807) is 30.0 Å². The number of benzene rings is 2. The maximum atomic E-state index is 13.4. The molecule has 15 heteroatoms. The summed E-state index contributed by atoms with van der Waals surface area (Å²) in [6.45, 7) is 3.50. The van der Waals surface area contributed by atoms with Gasteiger partial charge in [0.05, 0.1) is 30.5 Å². The molecule has 0 spiro atoms. The van der Waals surface area contributed by atoms with Crippen molar-refractivity contribution >= 4 is 39.1 Å². The number of hydrogen-bond acceptors (Lipinski definition) is 9. The number of rotatable bonds is 9. The van der Waals surface area contributed by atoms with Crippen LogP contribution in [-0.4, -0.2) is 93.6 Å². The third-order valence-electron chi connectivity index (χ3n) is 6.86. The van der Waals surface area contributed by atoms with Gasteiger partial charge in [-0.1, -0.05) is 18.5 Å². The van der Waals surface area contributed by atoms with Crippen molar-refractivity contribution in [2.75, 3.05) is 32.1 Å². The quantitative estimate of drug-likeness (QED) is 0.368. The first-order valence-corrected chi connectivity index (χ1v) is 14.7. The fourth-order valence-corrected chi connectivity index (χ4v) is 5.77. The first kappa shape index (κ1) is 30.4. The van der Waals surface area contributed by atoms with Crippen molar-refractivity contribution in [1.29, 1.82) is 0 Å². The number of fused-ring (bicyclic) bond motifs is 1. The van der Waals surface area contributed by atoms with E-state index >= 15 is 0 Å². The second-order valence-corrected chi connectivity index (χ2v) is 12.5. The van der Waals surface area contributed by atoms with Gasteiger partial charge in [-0.05, 0) is 59.8 Å². The van der Waals surface area contributed by atoms with Crippen LogP contribution in [0, 0.1) is 5.92 Å². The van der Waals surface area contributed by atoms with Gasteiger partial charge in [-0.25, -0.2) is 13.1 Å². The lowest BCUT2D eigenvalue weighted by atomic mass is 10.0. The van der Waals surface area contributed by atoms with Crippen molar-refractivity contribution in [2.45, 2.75) is 43.9 Å². The summed E-state index contributed by atoms with van der Waals surface area (Å²) in [6.07, 6.45) is 0.619. The zero-order chi connectivity index (χ0) is 29.7. The van der Waals surface area contributed by atoms with Crippen LogP contribution in [0.5, 0.6) is 5.75 Å². The predicted octanol–water partition coefficient (Wildman–Crippen LogP) is 1.43. The molecule has 220 valence electrons. The van der Waals surface area contributed by atoms with E-state index in [0.29, 0.717) is 22.0 Å². The highest BCUT2D eigenvalue weighted by molar-refractivity contribution is 7.89.